The van der Waals surface area contributed by atoms with Gasteiger partial charge in [0.2, 0.25) is 0 Å². The number of nitrogens with zero attached hydrogens (tertiary/aromatic N) is 4. The Morgan fingerprint density at radius 2 is 2.06 bits per heavy atom. The summed E-state index contributed by atoms with van der Waals surface area (Å²) in [4.78, 5) is 13.2. The fraction of sp³-hybridized carbons (Fsp3) is 0.692. The largest absolute Gasteiger partial charge is 0.395 e. The van der Waals surface area contributed by atoms with Crippen LogP contribution in [0.15, 0.2) is 12.4 Å². The molecular formula is C13H22N4O. The topological polar surface area (TPSA) is 52.5 Å². The molecule has 0 bridgehead atoms. The summed E-state index contributed by atoms with van der Waals surface area (Å²) in [6, 6.07) is 0.245. The summed E-state index contributed by atoms with van der Waals surface area (Å²) in [7, 11) is 2.07. The fourth-order valence-corrected chi connectivity index (χ4v) is 2.26. The molecule has 5 heteroatoms. The van der Waals surface area contributed by atoms with Gasteiger partial charge in [-0.1, -0.05) is 6.92 Å². The third-order valence-corrected chi connectivity index (χ3v) is 3.55. The van der Waals surface area contributed by atoms with Crippen molar-refractivity contribution in [3.05, 3.63) is 23.8 Å². The van der Waals surface area contributed by atoms with Gasteiger partial charge in [0.05, 0.1) is 6.61 Å². The Morgan fingerprint density at radius 1 is 1.33 bits per heavy atom. The summed E-state index contributed by atoms with van der Waals surface area (Å²) in [6.07, 6.45) is 4.71. The van der Waals surface area contributed by atoms with Crippen LogP contribution in [0.2, 0.25) is 0 Å². The Balaban J connectivity index is 1.92. The molecular weight excluding hydrogens is 228 g/mol. The lowest BCUT2D eigenvalue weighted by Gasteiger charge is -2.38. The first-order valence-corrected chi connectivity index (χ1v) is 6.56. The van der Waals surface area contributed by atoms with E-state index < -0.39 is 0 Å². The van der Waals surface area contributed by atoms with E-state index in [1.165, 1.54) is 0 Å². The molecule has 2 rings (SSSR count). The van der Waals surface area contributed by atoms with Gasteiger partial charge >= 0.3 is 0 Å². The summed E-state index contributed by atoms with van der Waals surface area (Å²) < 4.78 is 0. The molecule has 0 aromatic carbocycles. The molecule has 0 amide bonds. The Morgan fingerprint density at radius 3 is 2.67 bits per heavy atom. The minimum absolute atomic E-state index is 0.221. The second-order valence-corrected chi connectivity index (χ2v) is 4.91. The molecule has 1 aliphatic rings. The van der Waals surface area contributed by atoms with Crippen LogP contribution in [0.3, 0.4) is 0 Å². The zero-order valence-corrected chi connectivity index (χ0v) is 11.2. The van der Waals surface area contributed by atoms with Gasteiger partial charge in [0, 0.05) is 56.6 Å². The van der Waals surface area contributed by atoms with Crippen molar-refractivity contribution in [2.45, 2.75) is 25.9 Å². The van der Waals surface area contributed by atoms with Crippen LogP contribution in [0.5, 0.6) is 0 Å². The molecule has 1 fully saturated rings. The van der Waals surface area contributed by atoms with Gasteiger partial charge < -0.3 is 5.11 Å². The highest BCUT2D eigenvalue weighted by Gasteiger charge is 2.23. The number of hydrogen-bond donors (Lipinski definition) is 1. The van der Waals surface area contributed by atoms with E-state index in [2.05, 4.69) is 33.7 Å². The maximum atomic E-state index is 9.32. The lowest BCUT2D eigenvalue weighted by atomic mass is 10.1. The van der Waals surface area contributed by atoms with Crippen LogP contribution in [0, 0.1) is 0 Å². The van der Waals surface area contributed by atoms with Gasteiger partial charge in [0.1, 0.15) is 5.82 Å². The minimum Gasteiger partial charge on any atom is -0.395 e. The van der Waals surface area contributed by atoms with Gasteiger partial charge in [-0.3, -0.25) is 9.80 Å². The van der Waals surface area contributed by atoms with Crippen LogP contribution in [-0.2, 0) is 13.0 Å². The standard InChI is InChI=1S/C13H22N4O/c1-3-13-14-6-11(7-15-13)8-17-5-4-16(2)12(9-17)10-18/h6-7,12,18H,3-5,8-10H2,1-2H3/t12-/m0/s1. The zero-order chi connectivity index (χ0) is 13.0. The number of rotatable bonds is 4. The lowest BCUT2D eigenvalue weighted by molar-refractivity contribution is 0.0539. The number of likely N-dealkylation sites (N-methyl/N-ethyl adjacent to an activating group) is 1. The van der Waals surface area contributed by atoms with E-state index in [1.807, 2.05) is 12.4 Å². The first-order valence-electron chi connectivity index (χ1n) is 6.56. The second-order valence-electron chi connectivity index (χ2n) is 4.91. The third kappa shape index (κ3) is 3.25. The van der Waals surface area contributed by atoms with E-state index in [0.717, 1.165) is 44.0 Å². The first-order chi connectivity index (χ1) is 8.72. The van der Waals surface area contributed by atoms with Crippen molar-refractivity contribution in [1.82, 2.24) is 19.8 Å². The molecule has 1 aromatic heterocycles. The van der Waals surface area contributed by atoms with E-state index >= 15 is 0 Å². The quantitative estimate of drug-likeness (QED) is 0.824. The van der Waals surface area contributed by atoms with Crippen LogP contribution in [0.25, 0.3) is 0 Å². The van der Waals surface area contributed by atoms with E-state index in [1.54, 1.807) is 0 Å². The van der Waals surface area contributed by atoms with Crippen molar-refractivity contribution in [3.63, 3.8) is 0 Å². The average molecular weight is 250 g/mol. The van der Waals surface area contributed by atoms with Crippen LogP contribution >= 0.6 is 0 Å². The van der Waals surface area contributed by atoms with Gasteiger partial charge in [-0.2, -0.15) is 0 Å². The molecule has 1 atom stereocenters. The molecule has 5 nitrogen and oxygen atoms in total. The predicted octanol–water partition coefficient (Wildman–Crippen LogP) is 0.147. The van der Waals surface area contributed by atoms with Crippen LogP contribution in [0.4, 0.5) is 0 Å². The summed E-state index contributed by atoms with van der Waals surface area (Å²) in [5.74, 6) is 0.894. The number of aliphatic hydroxyl groups excluding tert-OH is 1. The Hall–Kier alpha value is -1.04. The number of piperazine rings is 1. The maximum Gasteiger partial charge on any atom is 0.127 e. The average Bonchev–Trinajstić information content (AvgIpc) is 2.42. The second kappa shape index (κ2) is 6.22. The number of hydrogen-bond acceptors (Lipinski definition) is 5. The Kier molecular flexibility index (Phi) is 4.63. The monoisotopic (exact) mass is 250 g/mol. The molecule has 0 spiro atoms. The van der Waals surface area contributed by atoms with Gasteiger partial charge in [0.15, 0.2) is 0 Å². The van der Waals surface area contributed by atoms with Crippen molar-refractivity contribution in [3.8, 4) is 0 Å². The highest BCUT2D eigenvalue weighted by Crippen LogP contribution is 2.10. The molecule has 1 aliphatic heterocycles. The molecule has 1 saturated heterocycles. The molecule has 1 N–H and O–H groups in total. The van der Waals surface area contributed by atoms with E-state index in [-0.39, 0.29) is 12.6 Å². The lowest BCUT2D eigenvalue weighted by Crippen LogP contribution is -2.52. The number of aromatic nitrogens is 2. The van der Waals surface area contributed by atoms with Gasteiger partial charge in [0.25, 0.3) is 0 Å². The normalized spacial score (nSPS) is 22.3. The van der Waals surface area contributed by atoms with E-state index in [0.29, 0.717) is 0 Å². The number of aryl methyl sites for hydroxylation is 1. The predicted molar refractivity (Wildman–Crippen MR) is 70.2 cm³/mol. The van der Waals surface area contributed by atoms with Gasteiger partial charge in [-0.25, -0.2) is 9.97 Å². The summed E-state index contributed by atoms with van der Waals surface area (Å²) in [6.45, 7) is 6.08. The molecule has 0 unspecified atom stereocenters. The van der Waals surface area contributed by atoms with E-state index in [9.17, 15) is 5.11 Å². The highest BCUT2D eigenvalue weighted by atomic mass is 16.3. The SMILES string of the molecule is CCc1ncc(CN2CCN(C)[C@H](CO)C2)cn1. The van der Waals surface area contributed by atoms with Crippen LogP contribution in [0.1, 0.15) is 18.3 Å². The van der Waals surface area contributed by atoms with Gasteiger partial charge in [-0.05, 0) is 7.05 Å². The summed E-state index contributed by atoms with van der Waals surface area (Å²) in [5.41, 5.74) is 1.15. The van der Waals surface area contributed by atoms with E-state index in [4.69, 9.17) is 0 Å². The smallest absolute Gasteiger partial charge is 0.127 e. The molecule has 0 aliphatic carbocycles. The Labute approximate surface area is 108 Å². The first kappa shape index (κ1) is 13.4. The molecule has 18 heavy (non-hydrogen) atoms. The van der Waals surface area contributed by atoms with Crippen LogP contribution < -0.4 is 0 Å². The van der Waals surface area contributed by atoms with Crippen molar-refractivity contribution < 1.29 is 5.11 Å². The van der Waals surface area contributed by atoms with Crippen molar-refractivity contribution in [1.29, 1.82) is 0 Å². The fourth-order valence-electron chi connectivity index (χ4n) is 2.26. The third-order valence-electron chi connectivity index (χ3n) is 3.55. The Bertz CT molecular complexity index is 368. The zero-order valence-electron chi connectivity index (χ0n) is 11.2. The molecule has 100 valence electrons. The highest BCUT2D eigenvalue weighted by molar-refractivity contribution is 5.05. The van der Waals surface area contributed by atoms with Gasteiger partial charge in [-0.15, -0.1) is 0 Å². The molecule has 0 saturated carbocycles. The summed E-state index contributed by atoms with van der Waals surface area (Å²) in [5, 5.41) is 9.32. The van der Waals surface area contributed by atoms with Crippen molar-refractivity contribution in [2.75, 3.05) is 33.3 Å². The molecule has 0 radical (unpaired) electrons. The number of aliphatic hydroxyl groups is 1. The van der Waals surface area contributed by atoms with Crippen molar-refractivity contribution >= 4 is 0 Å². The maximum absolute atomic E-state index is 9.32. The molecule has 1 aromatic rings. The van der Waals surface area contributed by atoms with Crippen LogP contribution in [-0.4, -0.2) is 64.2 Å². The summed E-state index contributed by atoms with van der Waals surface area (Å²) >= 11 is 0. The minimum atomic E-state index is 0.221. The van der Waals surface area contributed by atoms with Crippen molar-refractivity contribution in [2.24, 2.45) is 0 Å². The molecule has 2 heterocycles.